The average molecular weight is 303 g/mol. The molecular weight excluding hydrogens is 284 g/mol. The van der Waals surface area contributed by atoms with Gasteiger partial charge in [0.25, 0.3) is 0 Å². The van der Waals surface area contributed by atoms with Gasteiger partial charge in [0.1, 0.15) is 11.6 Å². The van der Waals surface area contributed by atoms with Gasteiger partial charge in [0.15, 0.2) is 0 Å². The molecule has 1 fully saturated rings. The van der Waals surface area contributed by atoms with Crippen LogP contribution in [0, 0.1) is 11.6 Å². The van der Waals surface area contributed by atoms with Gasteiger partial charge in [-0.25, -0.2) is 8.78 Å². The lowest BCUT2D eigenvalue weighted by molar-refractivity contribution is 0.461. The molecule has 0 saturated carbocycles. The number of hydrogen-bond acceptors (Lipinski definition) is 3. The monoisotopic (exact) mass is 303 g/mol. The van der Waals surface area contributed by atoms with Gasteiger partial charge in [0, 0.05) is 27.6 Å². The molecule has 5 heteroatoms. The van der Waals surface area contributed by atoms with E-state index in [1.165, 1.54) is 18.2 Å². The van der Waals surface area contributed by atoms with E-state index in [2.05, 4.69) is 12.2 Å². The highest BCUT2D eigenvalue weighted by atomic mass is 32.2. The summed E-state index contributed by atoms with van der Waals surface area (Å²) in [5.41, 5.74) is 0.191. The van der Waals surface area contributed by atoms with E-state index in [1.54, 1.807) is 0 Å². The Balaban J connectivity index is 2.33. The van der Waals surface area contributed by atoms with Crippen molar-refractivity contribution in [2.45, 2.75) is 30.4 Å². The molecule has 1 aliphatic heterocycles. The van der Waals surface area contributed by atoms with E-state index < -0.39 is 11.6 Å². The van der Waals surface area contributed by atoms with Crippen LogP contribution in [-0.2, 0) is 0 Å². The van der Waals surface area contributed by atoms with Crippen molar-refractivity contribution in [2.24, 2.45) is 0 Å². The molecule has 106 valence electrons. The second-order valence-electron chi connectivity index (χ2n) is 4.58. The summed E-state index contributed by atoms with van der Waals surface area (Å²) in [6, 6.07) is 3.84. The van der Waals surface area contributed by atoms with Gasteiger partial charge >= 0.3 is 0 Å². The quantitative estimate of drug-likeness (QED) is 0.907. The summed E-state index contributed by atoms with van der Waals surface area (Å²) in [4.78, 5) is 0. The first-order chi connectivity index (χ1) is 9.15. The molecule has 1 nitrogen and oxygen atoms in total. The van der Waals surface area contributed by atoms with Crippen molar-refractivity contribution < 1.29 is 8.78 Å². The summed E-state index contributed by atoms with van der Waals surface area (Å²) in [6.07, 6.45) is 0. The predicted octanol–water partition coefficient (Wildman–Crippen LogP) is 3.85. The molecule has 0 spiro atoms. The smallest absolute Gasteiger partial charge is 0.130 e. The highest BCUT2D eigenvalue weighted by Crippen LogP contribution is 2.39. The van der Waals surface area contributed by atoms with Crippen LogP contribution < -0.4 is 5.32 Å². The van der Waals surface area contributed by atoms with Crippen LogP contribution >= 0.6 is 23.5 Å². The van der Waals surface area contributed by atoms with Crippen molar-refractivity contribution >= 4 is 23.5 Å². The summed E-state index contributed by atoms with van der Waals surface area (Å²) >= 11 is 3.70. The molecule has 1 N–H and O–H groups in total. The van der Waals surface area contributed by atoms with Crippen molar-refractivity contribution in [3.63, 3.8) is 0 Å². The molecule has 1 saturated heterocycles. The zero-order valence-electron chi connectivity index (χ0n) is 11.2. The van der Waals surface area contributed by atoms with Crippen LogP contribution in [0.1, 0.15) is 25.5 Å². The Labute approximate surface area is 121 Å². The van der Waals surface area contributed by atoms with E-state index >= 15 is 0 Å². The molecule has 19 heavy (non-hydrogen) atoms. The first-order valence-corrected chi connectivity index (χ1v) is 8.65. The molecule has 1 heterocycles. The fraction of sp³-hybridized carbons (Fsp3) is 0.571. The minimum Gasteiger partial charge on any atom is -0.309 e. The fourth-order valence-corrected chi connectivity index (χ4v) is 5.35. The zero-order valence-corrected chi connectivity index (χ0v) is 12.8. The first-order valence-electron chi connectivity index (χ1n) is 6.55. The van der Waals surface area contributed by atoms with Gasteiger partial charge in [-0.3, -0.25) is 0 Å². The third kappa shape index (κ3) is 3.44. The fourth-order valence-electron chi connectivity index (χ4n) is 2.43. The second-order valence-corrected chi connectivity index (χ2v) is 7.35. The summed E-state index contributed by atoms with van der Waals surface area (Å²) in [7, 11) is 0. The van der Waals surface area contributed by atoms with Crippen LogP contribution in [-0.4, -0.2) is 28.6 Å². The molecule has 1 aromatic carbocycles. The van der Waals surface area contributed by atoms with Gasteiger partial charge < -0.3 is 5.32 Å². The lowest BCUT2D eigenvalue weighted by atomic mass is 10.00. The maximum Gasteiger partial charge on any atom is 0.130 e. The maximum absolute atomic E-state index is 14.0. The number of thioether (sulfide) groups is 2. The molecule has 0 aromatic heterocycles. The lowest BCUT2D eigenvalue weighted by Crippen LogP contribution is -2.38. The van der Waals surface area contributed by atoms with Gasteiger partial charge in [0.2, 0.25) is 0 Å². The number of halogens is 2. The van der Waals surface area contributed by atoms with Crippen LogP contribution in [0.5, 0.6) is 0 Å². The van der Waals surface area contributed by atoms with Crippen molar-refractivity contribution in [2.75, 3.05) is 18.1 Å². The molecule has 0 aliphatic carbocycles. The van der Waals surface area contributed by atoms with E-state index in [0.717, 1.165) is 11.5 Å². The maximum atomic E-state index is 14.0. The van der Waals surface area contributed by atoms with Crippen LogP contribution in [0.2, 0.25) is 0 Å². The molecule has 3 unspecified atom stereocenters. The lowest BCUT2D eigenvalue weighted by Gasteiger charge is -2.35. The minimum absolute atomic E-state index is 0.191. The van der Waals surface area contributed by atoms with Crippen molar-refractivity contribution in [1.29, 1.82) is 0 Å². The first kappa shape index (κ1) is 15.1. The summed E-state index contributed by atoms with van der Waals surface area (Å²) in [6.45, 7) is 4.81. The van der Waals surface area contributed by atoms with Gasteiger partial charge in [-0.1, -0.05) is 19.9 Å². The van der Waals surface area contributed by atoms with Crippen LogP contribution in [0.15, 0.2) is 18.2 Å². The Morgan fingerprint density at radius 2 is 1.89 bits per heavy atom. The summed E-state index contributed by atoms with van der Waals surface area (Å²) in [5.74, 6) is 1.25. The summed E-state index contributed by atoms with van der Waals surface area (Å²) in [5, 5.41) is 3.86. The van der Waals surface area contributed by atoms with Crippen molar-refractivity contribution in [3.8, 4) is 0 Å². The Morgan fingerprint density at radius 1 is 1.26 bits per heavy atom. The molecule has 0 amide bonds. The number of nitrogens with one attached hydrogen (secondary N) is 1. The van der Waals surface area contributed by atoms with E-state index in [-0.39, 0.29) is 16.9 Å². The van der Waals surface area contributed by atoms with E-state index in [1.807, 2.05) is 30.4 Å². The zero-order chi connectivity index (χ0) is 13.8. The molecule has 3 atom stereocenters. The second kappa shape index (κ2) is 6.95. The van der Waals surface area contributed by atoms with Crippen molar-refractivity contribution in [3.05, 3.63) is 35.4 Å². The molecule has 0 bridgehead atoms. The highest BCUT2D eigenvalue weighted by molar-refractivity contribution is 8.07. The normalized spacial score (nSPS) is 25.3. The molecular formula is C14H19F2NS2. The summed E-state index contributed by atoms with van der Waals surface area (Å²) < 4.78 is 28.0. The predicted molar refractivity (Wildman–Crippen MR) is 80.9 cm³/mol. The number of rotatable bonds is 4. The number of hydrogen-bond donors (Lipinski definition) is 1. The third-order valence-corrected chi connectivity index (χ3v) is 6.49. The Bertz CT molecular complexity index is 408. The average Bonchev–Trinajstić information content (AvgIpc) is 2.38. The largest absolute Gasteiger partial charge is 0.309 e. The van der Waals surface area contributed by atoms with Gasteiger partial charge in [-0.05, 0) is 18.7 Å². The van der Waals surface area contributed by atoms with E-state index in [4.69, 9.17) is 0 Å². The minimum atomic E-state index is -0.450. The van der Waals surface area contributed by atoms with Crippen LogP contribution in [0.25, 0.3) is 0 Å². The number of benzene rings is 1. The Morgan fingerprint density at radius 3 is 2.47 bits per heavy atom. The Kier molecular flexibility index (Phi) is 5.54. The molecule has 2 rings (SSSR count). The Hall–Kier alpha value is -0.260. The van der Waals surface area contributed by atoms with E-state index in [0.29, 0.717) is 11.8 Å². The standard InChI is InChI=1S/C14H19F2NS2/c1-3-17-13(14-9(2)18-7-8-19-14)12-10(15)5-4-6-11(12)16/h4-6,9,13-14,17H,3,7-8H2,1-2H3. The van der Waals surface area contributed by atoms with Crippen molar-refractivity contribution in [1.82, 2.24) is 5.32 Å². The van der Waals surface area contributed by atoms with Crippen LogP contribution in [0.4, 0.5) is 8.78 Å². The van der Waals surface area contributed by atoms with Gasteiger partial charge in [-0.15, -0.1) is 0 Å². The molecule has 0 radical (unpaired) electrons. The molecule has 1 aliphatic rings. The third-order valence-electron chi connectivity index (χ3n) is 3.30. The highest BCUT2D eigenvalue weighted by Gasteiger charge is 2.33. The molecule has 1 aromatic rings. The van der Waals surface area contributed by atoms with Gasteiger partial charge in [-0.2, -0.15) is 23.5 Å². The topological polar surface area (TPSA) is 12.0 Å². The SMILES string of the molecule is CCNC(c1c(F)cccc1F)C1SCCSC1C. The van der Waals surface area contributed by atoms with E-state index in [9.17, 15) is 8.78 Å². The van der Waals surface area contributed by atoms with Crippen LogP contribution in [0.3, 0.4) is 0 Å². The van der Waals surface area contributed by atoms with Gasteiger partial charge in [0.05, 0.1) is 6.04 Å².